The SMILES string of the molecule is CC(C)P(=CS)(C(C)C)C(C)C. The van der Waals surface area contributed by atoms with Gasteiger partial charge >= 0.3 is 0 Å². The van der Waals surface area contributed by atoms with Gasteiger partial charge in [-0.05, 0) is 22.1 Å². The molecular weight excluding hydrogens is 183 g/mol. The van der Waals surface area contributed by atoms with Gasteiger partial charge in [-0.15, -0.1) is 0 Å². The largest absolute Gasteiger partial charge is 0.151 e. The van der Waals surface area contributed by atoms with Crippen LogP contribution in [0.25, 0.3) is 0 Å². The zero-order valence-electron chi connectivity index (χ0n) is 9.20. The first-order valence-corrected chi connectivity index (χ1v) is 7.34. The Morgan fingerprint density at radius 2 is 1.08 bits per heavy atom. The highest BCUT2D eigenvalue weighted by Gasteiger charge is 2.27. The fourth-order valence-electron chi connectivity index (χ4n) is 2.19. The van der Waals surface area contributed by atoms with E-state index in [0.29, 0.717) is 0 Å². The van der Waals surface area contributed by atoms with Gasteiger partial charge in [-0.2, -0.15) is 12.6 Å². The van der Waals surface area contributed by atoms with Crippen LogP contribution in [0.1, 0.15) is 41.5 Å². The van der Waals surface area contributed by atoms with Crippen LogP contribution in [0.5, 0.6) is 0 Å². The van der Waals surface area contributed by atoms with E-state index in [1.54, 1.807) is 0 Å². The molecule has 0 saturated carbocycles. The van der Waals surface area contributed by atoms with Gasteiger partial charge in [0.15, 0.2) is 0 Å². The Kier molecular flexibility index (Phi) is 5.02. The third-order valence-electron chi connectivity index (χ3n) is 2.88. The Morgan fingerprint density at radius 1 is 0.833 bits per heavy atom. The Hall–Kier alpha value is 0.650. The quantitative estimate of drug-likeness (QED) is 0.525. The molecule has 0 radical (unpaired) electrons. The molecule has 0 atom stereocenters. The van der Waals surface area contributed by atoms with Crippen molar-refractivity contribution in [3.63, 3.8) is 0 Å². The summed E-state index contributed by atoms with van der Waals surface area (Å²) in [5, 5.41) is 2.22. The van der Waals surface area contributed by atoms with Gasteiger partial charge in [0.2, 0.25) is 0 Å². The molecule has 12 heavy (non-hydrogen) atoms. The second kappa shape index (κ2) is 4.77. The first-order chi connectivity index (χ1) is 5.39. The standard InChI is InChI=1S/C10H23PS/c1-8(2)11(7-12,9(3)4)10(5)6/h7-10,12H,1-6H3. The van der Waals surface area contributed by atoms with E-state index in [1.807, 2.05) is 0 Å². The number of hydrogen-bond donors (Lipinski definition) is 1. The van der Waals surface area contributed by atoms with Crippen molar-refractivity contribution in [1.29, 1.82) is 0 Å². The molecular formula is C10H23PS. The van der Waals surface area contributed by atoms with Crippen LogP contribution in [0.3, 0.4) is 0 Å². The lowest BCUT2D eigenvalue weighted by Gasteiger charge is -2.37. The Bertz CT molecular complexity index is 152. The summed E-state index contributed by atoms with van der Waals surface area (Å²) in [4.78, 5) is 0. The lowest BCUT2D eigenvalue weighted by atomic mass is 10.5. The molecule has 0 bridgehead atoms. The van der Waals surface area contributed by atoms with E-state index in [0.717, 1.165) is 17.0 Å². The highest BCUT2D eigenvalue weighted by atomic mass is 32.1. The van der Waals surface area contributed by atoms with Gasteiger partial charge in [0.25, 0.3) is 0 Å². The lowest BCUT2D eigenvalue weighted by molar-refractivity contribution is 0.941. The molecule has 0 fully saturated rings. The van der Waals surface area contributed by atoms with Gasteiger partial charge < -0.3 is 0 Å². The molecule has 0 aliphatic heterocycles. The molecule has 0 rings (SSSR count). The van der Waals surface area contributed by atoms with Crippen molar-refractivity contribution in [2.75, 3.05) is 0 Å². The van der Waals surface area contributed by atoms with Crippen molar-refractivity contribution < 1.29 is 0 Å². The van der Waals surface area contributed by atoms with E-state index in [4.69, 9.17) is 0 Å². The summed E-state index contributed by atoms with van der Waals surface area (Å²) in [6, 6.07) is 0. The topological polar surface area (TPSA) is 0 Å². The maximum Gasteiger partial charge on any atom is -0.0258 e. The fraction of sp³-hybridized carbons (Fsp3) is 0.900. The molecule has 0 aliphatic rings. The third kappa shape index (κ3) is 2.12. The maximum atomic E-state index is 4.44. The van der Waals surface area contributed by atoms with E-state index in [-0.39, 0.29) is 0 Å². The molecule has 0 heterocycles. The highest BCUT2D eigenvalue weighted by molar-refractivity contribution is 8.06. The smallest absolute Gasteiger partial charge is 0.0258 e. The summed E-state index contributed by atoms with van der Waals surface area (Å²) in [6.07, 6.45) is 0. The third-order valence-corrected chi connectivity index (χ3v) is 9.85. The van der Waals surface area contributed by atoms with Gasteiger partial charge in [0, 0.05) is 0 Å². The Labute approximate surface area is 83.5 Å². The normalized spacial score (nSPS) is 13.2. The van der Waals surface area contributed by atoms with E-state index < -0.39 is 6.89 Å². The van der Waals surface area contributed by atoms with Crippen LogP contribution in [0, 0.1) is 0 Å². The van der Waals surface area contributed by atoms with Crippen molar-refractivity contribution in [1.82, 2.24) is 0 Å². The molecule has 0 spiro atoms. The first kappa shape index (κ1) is 12.7. The van der Waals surface area contributed by atoms with Crippen molar-refractivity contribution >= 4 is 24.6 Å². The molecule has 0 aromatic rings. The molecule has 0 aromatic carbocycles. The van der Waals surface area contributed by atoms with E-state index in [2.05, 4.69) is 59.3 Å². The highest BCUT2D eigenvalue weighted by Crippen LogP contribution is 2.60. The molecule has 74 valence electrons. The van der Waals surface area contributed by atoms with Gasteiger partial charge in [-0.25, -0.2) is 0 Å². The molecule has 0 amide bonds. The minimum atomic E-state index is -0.954. The summed E-state index contributed by atoms with van der Waals surface area (Å²) in [5.41, 5.74) is 2.32. The van der Waals surface area contributed by atoms with Gasteiger partial charge in [0.05, 0.1) is 0 Å². The van der Waals surface area contributed by atoms with Crippen molar-refractivity contribution in [2.24, 2.45) is 0 Å². The summed E-state index contributed by atoms with van der Waals surface area (Å²) in [5.74, 6) is 0. The fourth-order valence-corrected chi connectivity index (χ4v) is 8.97. The second-order valence-corrected chi connectivity index (χ2v) is 10.1. The van der Waals surface area contributed by atoms with Gasteiger partial charge in [0.1, 0.15) is 0 Å². The molecule has 2 heteroatoms. The summed E-state index contributed by atoms with van der Waals surface area (Å²) < 4.78 is 0. The zero-order valence-corrected chi connectivity index (χ0v) is 11.0. The first-order valence-electron chi connectivity index (χ1n) is 4.76. The van der Waals surface area contributed by atoms with Crippen molar-refractivity contribution in [3.05, 3.63) is 0 Å². The average molecular weight is 206 g/mol. The maximum absolute atomic E-state index is 4.44. The average Bonchev–Trinajstić information content (AvgIpc) is 1.86. The Morgan fingerprint density at radius 3 is 1.08 bits per heavy atom. The van der Waals surface area contributed by atoms with Crippen LogP contribution in [-0.2, 0) is 0 Å². The zero-order chi connectivity index (χ0) is 9.94. The molecule has 0 N–H and O–H groups in total. The second-order valence-electron chi connectivity index (χ2n) is 4.29. The van der Waals surface area contributed by atoms with Crippen LogP contribution in [0.15, 0.2) is 0 Å². The van der Waals surface area contributed by atoms with Gasteiger partial charge in [-0.3, -0.25) is 0 Å². The van der Waals surface area contributed by atoms with E-state index in [9.17, 15) is 0 Å². The van der Waals surface area contributed by atoms with Crippen LogP contribution < -0.4 is 0 Å². The van der Waals surface area contributed by atoms with E-state index in [1.165, 1.54) is 0 Å². The minimum absolute atomic E-state index is 0.773. The summed E-state index contributed by atoms with van der Waals surface area (Å²) >= 11 is 4.44. The summed E-state index contributed by atoms with van der Waals surface area (Å²) in [6.45, 7) is 13.0. The van der Waals surface area contributed by atoms with Crippen molar-refractivity contribution in [2.45, 2.75) is 58.5 Å². The number of hydrogen-bond acceptors (Lipinski definition) is 0. The molecule has 0 saturated heterocycles. The Balaban J connectivity index is 5.08. The minimum Gasteiger partial charge on any atom is -0.151 e. The van der Waals surface area contributed by atoms with Crippen LogP contribution in [-0.4, -0.2) is 22.1 Å². The molecule has 0 aliphatic carbocycles. The van der Waals surface area contributed by atoms with E-state index >= 15 is 0 Å². The summed E-state index contributed by atoms with van der Waals surface area (Å²) in [7, 11) is 0. The predicted molar refractivity (Wildman–Crippen MR) is 67.4 cm³/mol. The molecule has 0 unspecified atom stereocenters. The number of thiol groups is 1. The van der Waals surface area contributed by atoms with Crippen molar-refractivity contribution in [3.8, 4) is 0 Å². The van der Waals surface area contributed by atoms with Crippen LogP contribution in [0.4, 0.5) is 0 Å². The number of rotatable bonds is 3. The van der Waals surface area contributed by atoms with Gasteiger partial charge in [-0.1, -0.05) is 48.4 Å². The lowest BCUT2D eigenvalue weighted by Crippen LogP contribution is -2.17. The monoisotopic (exact) mass is 206 g/mol. The van der Waals surface area contributed by atoms with Crippen LogP contribution >= 0.6 is 19.5 Å². The predicted octanol–water partition coefficient (Wildman–Crippen LogP) is 3.92. The van der Waals surface area contributed by atoms with Crippen LogP contribution in [0.2, 0.25) is 0 Å². The molecule has 0 aromatic heterocycles. The molecule has 0 nitrogen and oxygen atoms in total.